The molecule has 1 aromatic heterocycles. The Labute approximate surface area is 169 Å². The number of hydrogen-bond acceptors (Lipinski definition) is 4. The number of nitrogens with zero attached hydrogens (tertiary/aromatic N) is 3. The maximum atomic E-state index is 12.6. The van der Waals surface area contributed by atoms with Crippen LogP contribution in [0.4, 0.5) is 0 Å². The molecule has 1 saturated heterocycles. The van der Waals surface area contributed by atoms with Crippen molar-refractivity contribution in [3.63, 3.8) is 0 Å². The van der Waals surface area contributed by atoms with Crippen LogP contribution in [-0.4, -0.2) is 53.0 Å². The highest BCUT2D eigenvalue weighted by atomic mass is 16.4. The lowest BCUT2D eigenvalue weighted by atomic mass is 10.2. The highest BCUT2D eigenvalue weighted by Gasteiger charge is 2.20. The Morgan fingerprint density at radius 2 is 1.69 bits per heavy atom. The average Bonchev–Trinajstić information content (AvgIpc) is 3.08. The SMILES string of the molecule is O=C(CCn1c(=O)oc2ccccc21)N1CCN(C/C=C/c2ccccc2)CC1. The van der Waals surface area contributed by atoms with Gasteiger partial charge in [0.25, 0.3) is 0 Å². The van der Waals surface area contributed by atoms with Crippen LogP contribution in [-0.2, 0) is 11.3 Å². The van der Waals surface area contributed by atoms with Gasteiger partial charge in [-0.15, -0.1) is 0 Å². The highest BCUT2D eigenvalue weighted by Crippen LogP contribution is 2.13. The van der Waals surface area contributed by atoms with E-state index in [0.717, 1.165) is 38.2 Å². The molecule has 6 nitrogen and oxygen atoms in total. The molecule has 3 aromatic rings. The minimum absolute atomic E-state index is 0.0849. The molecule has 0 aliphatic carbocycles. The van der Waals surface area contributed by atoms with E-state index in [0.29, 0.717) is 18.5 Å². The van der Waals surface area contributed by atoms with E-state index in [-0.39, 0.29) is 5.91 Å². The molecular weight excluding hydrogens is 366 g/mol. The van der Waals surface area contributed by atoms with Crippen LogP contribution in [0.25, 0.3) is 17.2 Å². The van der Waals surface area contributed by atoms with Crippen LogP contribution in [0.5, 0.6) is 0 Å². The first kappa shape index (κ1) is 19.2. The number of amides is 1. The standard InChI is InChI=1S/C23H25N3O3/c27-22(12-14-26-20-10-4-5-11-21(20)29-23(26)28)25-17-15-24(16-18-25)13-6-9-19-7-2-1-3-8-19/h1-11H,12-18H2/b9-6+. The number of carbonyl (C=O) groups is 1. The number of oxazole rings is 1. The van der Waals surface area contributed by atoms with Gasteiger partial charge in [-0.25, -0.2) is 4.79 Å². The van der Waals surface area contributed by atoms with Gasteiger partial charge in [0, 0.05) is 45.7 Å². The van der Waals surface area contributed by atoms with E-state index in [1.54, 1.807) is 6.07 Å². The summed E-state index contributed by atoms with van der Waals surface area (Å²) in [5, 5.41) is 0. The molecular formula is C23H25N3O3. The van der Waals surface area contributed by atoms with E-state index in [9.17, 15) is 9.59 Å². The number of aromatic nitrogens is 1. The summed E-state index contributed by atoms with van der Waals surface area (Å²) in [5.74, 6) is -0.323. The van der Waals surface area contributed by atoms with Crippen molar-refractivity contribution >= 4 is 23.1 Å². The Hall–Kier alpha value is -3.12. The average molecular weight is 391 g/mol. The monoisotopic (exact) mass is 391 g/mol. The van der Waals surface area contributed by atoms with Gasteiger partial charge in [-0.1, -0.05) is 54.6 Å². The first-order valence-corrected chi connectivity index (χ1v) is 10.0. The van der Waals surface area contributed by atoms with Gasteiger partial charge in [0.1, 0.15) is 0 Å². The molecule has 0 radical (unpaired) electrons. The van der Waals surface area contributed by atoms with E-state index < -0.39 is 5.76 Å². The predicted octanol–water partition coefficient (Wildman–Crippen LogP) is 2.84. The quantitative estimate of drug-likeness (QED) is 0.648. The van der Waals surface area contributed by atoms with E-state index >= 15 is 0 Å². The highest BCUT2D eigenvalue weighted by molar-refractivity contribution is 5.77. The lowest BCUT2D eigenvalue weighted by Gasteiger charge is -2.34. The molecule has 4 rings (SSSR count). The Morgan fingerprint density at radius 3 is 2.48 bits per heavy atom. The maximum absolute atomic E-state index is 12.6. The zero-order valence-corrected chi connectivity index (χ0v) is 16.4. The summed E-state index contributed by atoms with van der Waals surface area (Å²) in [7, 11) is 0. The Morgan fingerprint density at radius 1 is 0.966 bits per heavy atom. The molecule has 1 fully saturated rings. The summed E-state index contributed by atoms with van der Waals surface area (Å²) in [6, 6.07) is 17.5. The maximum Gasteiger partial charge on any atom is 0.419 e. The molecule has 2 heterocycles. The van der Waals surface area contributed by atoms with Crippen molar-refractivity contribution in [2.24, 2.45) is 0 Å². The lowest BCUT2D eigenvalue weighted by molar-refractivity contribution is -0.133. The largest absolute Gasteiger partial charge is 0.419 e. The summed E-state index contributed by atoms with van der Waals surface area (Å²) >= 11 is 0. The summed E-state index contributed by atoms with van der Waals surface area (Å²) < 4.78 is 6.77. The van der Waals surface area contributed by atoms with Crippen LogP contribution >= 0.6 is 0 Å². The Balaban J connectivity index is 1.25. The third-order valence-corrected chi connectivity index (χ3v) is 5.32. The van der Waals surface area contributed by atoms with Crippen LogP contribution in [0.3, 0.4) is 0 Å². The number of aryl methyl sites for hydroxylation is 1. The first-order chi connectivity index (χ1) is 14.2. The molecule has 1 aliphatic rings. The van der Waals surface area contributed by atoms with Gasteiger partial charge in [0.15, 0.2) is 5.58 Å². The molecule has 0 saturated carbocycles. The number of rotatable bonds is 6. The molecule has 0 atom stereocenters. The van der Waals surface area contributed by atoms with Gasteiger partial charge in [0.2, 0.25) is 5.91 Å². The van der Waals surface area contributed by atoms with Gasteiger partial charge in [0.05, 0.1) is 5.52 Å². The third kappa shape index (κ3) is 4.66. The Bertz CT molecular complexity index is 1040. The molecule has 0 unspecified atom stereocenters. The molecule has 29 heavy (non-hydrogen) atoms. The molecule has 1 amide bonds. The fourth-order valence-electron chi connectivity index (χ4n) is 3.67. The van der Waals surface area contributed by atoms with E-state index in [1.165, 1.54) is 10.1 Å². The van der Waals surface area contributed by atoms with Gasteiger partial charge >= 0.3 is 5.76 Å². The van der Waals surface area contributed by atoms with Crippen LogP contribution in [0.1, 0.15) is 12.0 Å². The summed E-state index contributed by atoms with van der Waals surface area (Å²) in [5.41, 5.74) is 2.49. The number of benzene rings is 2. The summed E-state index contributed by atoms with van der Waals surface area (Å²) in [6.45, 7) is 4.39. The molecule has 0 N–H and O–H groups in total. The fraction of sp³-hybridized carbons (Fsp3) is 0.304. The van der Waals surface area contributed by atoms with Crippen LogP contribution in [0, 0.1) is 0 Å². The van der Waals surface area contributed by atoms with Gasteiger partial charge in [-0.2, -0.15) is 0 Å². The van der Waals surface area contributed by atoms with E-state index in [2.05, 4.69) is 29.2 Å². The Kier molecular flexibility index (Phi) is 5.91. The zero-order chi connectivity index (χ0) is 20.1. The molecule has 2 aromatic carbocycles. The number of fused-ring (bicyclic) bond motifs is 1. The topological polar surface area (TPSA) is 58.7 Å². The summed E-state index contributed by atoms with van der Waals surface area (Å²) in [4.78, 5) is 28.9. The smallest absolute Gasteiger partial charge is 0.408 e. The van der Waals surface area contributed by atoms with Crippen molar-refractivity contribution in [1.29, 1.82) is 0 Å². The molecule has 0 spiro atoms. The van der Waals surface area contributed by atoms with Crippen molar-refractivity contribution in [3.8, 4) is 0 Å². The van der Waals surface area contributed by atoms with Crippen molar-refractivity contribution < 1.29 is 9.21 Å². The van der Waals surface area contributed by atoms with Crippen molar-refractivity contribution in [2.45, 2.75) is 13.0 Å². The number of hydrogen-bond donors (Lipinski definition) is 0. The molecule has 1 aliphatic heterocycles. The van der Waals surface area contributed by atoms with Gasteiger partial charge in [-0.3, -0.25) is 14.3 Å². The number of para-hydroxylation sites is 2. The van der Waals surface area contributed by atoms with Crippen LogP contribution in [0.2, 0.25) is 0 Å². The number of carbonyl (C=O) groups excluding carboxylic acids is 1. The van der Waals surface area contributed by atoms with Crippen molar-refractivity contribution in [2.75, 3.05) is 32.7 Å². The lowest BCUT2D eigenvalue weighted by Crippen LogP contribution is -2.48. The van der Waals surface area contributed by atoms with Gasteiger partial charge < -0.3 is 9.32 Å². The third-order valence-electron chi connectivity index (χ3n) is 5.32. The number of piperazine rings is 1. The molecule has 0 bridgehead atoms. The molecule has 6 heteroatoms. The molecule has 150 valence electrons. The zero-order valence-electron chi connectivity index (χ0n) is 16.4. The second-order valence-electron chi connectivity index (χ2n) is 7.23. The predicted molar refractivity (Wildman–Crippen MR) is 114 cm³/mol. The van der Waals surface area contributed by atoms with Crippen LogP contribution in [0.15, 0.2) is 69.9 Å². The van der Waals surface area contributed by atoms with E-state index in [1.807, 2.05) is 41.3 Å². The fourth-order valence-corrected chi connectivity index (χ4v) is 3.67. The minimum atomic E-state index is -0.408. The second kappa shape index (κ2) is 8.92. The normalized spacial score (nSPS) is 15.4. The minimum Gasteiger partial charge on any atom is -0.408 e. The van der Waals surface area contributed by atoms with Crippen molar-refractivity contribution in [3.05, 3.63) is 76.8 Å². The van der Waals surface area contributed by atoms with Crippen LogP contribution < -0.4 is 5.76 Å². The van der Waals surface area contributed by atoms with Crippen molar-refractivity contribution in [1.82, 2.24) is 14.4 Å². The van der Waals surface area contributed by atoms with E-state index in [4.69, 9.17) is 4.42 Å². The second-order valence-corrected chi connectivity index (χ2v) is 7.23. The summed E-state index contributed by atoms with van der Waals surface area (Å²) in [6.07, 6.45) is 4.60. The first-order valence-electron chi connectivity index (χ1n) is 10.0. The van der Waals surface area contributed by atoms with Gasteiger partial charge in [-0.05, 0) is 17.7 Å².